The highest BCUT2D eigenvalue weighted by molar-refractivity contribution is 6.31. The van der Waals surface area contributed by atoms with E-state index in [4.69, 9.17) is 9.47 Å². The quantitative estimate of drug-likeness (QED) is 0.633. The Labute approximate surface area is 160 Å². The lowest BCUT2D eigenvalue weighted by Crippen LogP contribution is -2.53. The van der Waals surface area contributed by atoms with E-state index in [-0.39, 0.29) is 12.1 Å². The number of carbonyl (C=O) groups is 3. The van der Waals surface area contributed by atoms with Crippen molar-refractivity contribution in [3.63, 3.8) is 0 Å². The molecule has 0 spiro atoms. The van der Waals surface area contributed by atoms with Crippen LogP contribution in [0.25, 0.3) is 6.08 Å². The maximum Gasteiger partial charge on any atom is 0.331 e. The lowest BCUT2D eigenvalue weighted by atomic mass is 10.1. The first-order valence-electron chi connectivity index (χ1n) is 8.29. The van der Waals surface area contributed by atoms with E-state index in [0.717, 1.165) is 4.90 Å². The highest BCUT2D eigenvalue weighted by atomic mass is 19.1. The van der Waals surface area contributed by atoms with Crippen LogP contribution in [-0.4, -0.2) is 37.0 Å². The van der Waals surface area contributed by atoms with Crippen molar-refractivity contribution in [1.82, 2.24) is 10.2 Å². The number of amides is 4. The summed E-state index contributed by atoms with van der Waals surface area (Å²) in [4.78, 5) is 38.1. The van der Waals surface area contributed by atoms with Gasteiger partial charge >= 0.3 is 6.03 Å². The van der Waals surface area contributed by atoms with Gasteiger partial charge in [-0.3, -0.25) is 19.8 Å². The molecular weight excluding hydrogens is 367 g/mol. The molecule has 1 aliphatic heterocycles. The van der Waals surface area contributed by atoms with Crippen molar-refractivity contribution >= 4 is 23.9 Å². The Morgan fingerprint density at radius 2 is 1.75 bits per heavy atom. The molecule has 2 aromatic carbocycles. The maximum absolute atomic E-state index is 13.1. The van der Waals surface area contributed by atoms with E-state index < -0.39 is 23.7 Å². The fraction of sp³-hybridized carbons (Fsp3) is 0.150. The van der Waals surface area contributed by atoms with Gasteiger partial charge in [-0.25, -0.2) is 9.18 Å². The Bertz CT molecular complexity index is 969. The second kappa shape index (κ2) is 7.91. The molecule has 0 aromatic heterocycles. The van der Waals surface area contributed by atoms with Crippen molar-refractivity contribution in [2.45, 2.75) is 6.54 Å². The predicted octanol–water partition coefficient (Wildman–Crippen LogP) is 2.50. The Hall–Kier alpha value is -3.68. The van der Waals surface area contributed by atoms with Crippen molar-refractivity contribution in [2.75, 3.05) is 14.2 Å². The van der Waals surface area contributed by atoms with Crippen LogP contribution in [0.3, 0.4) is 0 Å². The minimum absolute atomic E-state index is 0.106. The van der Waals surface area contributed by atoms with E-state index in [2.05, 4.69) is 5.32 Å². The number of rotatable bonds is 5. The second-order valence-electron chi connectivity index (χ2n) is 5.92. The Kier molecular flexibility index (Phi) is 5.39. The van der Waals surface area contributed by atoms with Crippen molar-refractivity contribution in [1.29, 1.82) is 0 Å². The zero-order chi connectivity index (χ0) is 20.3. The monoisotopic (exact) mass is 384 g/mol. The number of carbonyl (C=O) groups excluding carboxylic acids is 3. The van der Waals surface area contributed by atoms with Crippen LogP contribution < -0.4 is 14.8 Å². The van der Waals surface area contributed by atoms with Crippen LogP contribution >= 0.6 is 0 Å². The van der Waals surface area contributed by atoms with Crippen molar-refractivity contribution in [3.8, 4) is 11.5 Å². The molecule has 0 saturated carbocycles. The smallest absolute Gasteiger partial charge is 0.331 e. The number of urea groups is 1. The van der Waals surface area contributed by atoms with E-state index in [1.807, 2.05) is 0 Å². The molecule has 144 valence electrons. The van der Waals surface area contributed by atoms with Gasteiger partial charge < -0.3 is 9.47 Å². The summed E-state index contributed by atoms with van der Waals surface area (Å²) in [7, 11) is 2.91. The Morgan fingerprint density at radius 3 is 2.39 bits per heavy atom. The summed E-state index contributed by atoms with van der Waals surface area (Å²) >= 11 is 0. The SMILES string of the molecule is COc1cccc(/C=C2/C(=O)NC(=O)N(Cc3ccc(F)cc3)C2=O)c1OC. The highest BCUT2D eigenvalue weighted by Gasteiger charge is 2.36. The summed E-state index contributed by atoms with van der Waals surface area (Å²) < 4.78 is 23.6. The predicted molar refractivity (Wildman–Crippen MR) is 98.0 cm³/mol. The molecule has 1 saturated heterocycles. The summed E-state index contributed by atoms with van der Waals surface area (Å²) in [6.07, 6.45) is 1.34. The fourth-order valence-corrected chi connectivity index (χ4v) is 2.79. The number of imide groups is 2. The molecule has 0 bridgehead atoms. The summed E-state index contributed by atoms with van der Waals surface area (Å²) in [5, 5.41) is 2.14. The first kappa shape index (κ1) is 19.1. The number of hydrogen-bond acceptors (Lipinski definition) is 5. The molecule has 0 atom stereocenters. The van der Waals surface area contributed by atoms with E-state index in [1.165, 1.54) is 44.6 Å². The Balaban J connectivity index is 1.96. The summed E-state index contributed by atoms with van der Waals surface area (Å²) in [5.41, 5.74) is 0.752. The molecule has 28 heavy (non-hydrogen) atoms. The van der Waals surface area contributed by atoms with Gasteiger partial charge in [-0.15, -0.1) is 0 Å². The van der Waals surface area contributed by atoms with Crippen LogP contribution in [0.4, 0.5) is 9.18 Å². The molecule has 0 aliphatic carbocycles. The first-order valence-corrected chi connectivity index (χ1v) is 8.29. The van der Waals surface area contributed by atoms with Gasteiger partial charge in [0.15, 0.2) is 11.5 Å². The van der Waals surface area contributed by atoms with Gasteiger partial charge in [0.2, 0.25) is 0 Å². The normalized spacial score (nSPS) is 15.6. The van der Waals surface area contributed by atoms with Crippen LogP contribution in [0, 0.1) is 5.82 Å². The molecule has 8 heteroatoms. The number of barbiturate groups is 1. The molecular formula is C20H17FN2O5. The van der Waals surface area contributed by atoms with Crippen molar-refractivity contribution in [2.24, 2.45) is 0 Å². The number of para-hydroxylation sites is 1. The lowest BCUT2D eigenvalue weighted by molar-refractivity contribution is -0.130. The minimum atomic E-state index is -0.839. The largest absolute Gasteiger partial charge is 0.493 e. The molecule has 0 unspecified atom stereocenters. The van der Waals surface area contributed by atoms with E-state index >= 15 is 0 Å². The summed E-state index contributed by atoms with van der Waals surface area (Å²) in [6.45, 7) is -0.106. The van der Waals surface area contributed by atoms with Crippen LogP contribution in [0.15, 0.2) is 48.0 Å². The zero-order valence-electron chi connectivity index (χ0n) is 15.2. The van der Waals surface area contributed by atoms with Crippen LogP contribution in [0.2, 0.25) is 0 Å². The number of nitrogens with zero attached hydrogens (tertiary/aromatic N) is 1. The third-order valence-electron chi connectivity index (χ3n) is 4.17. The highest BCUT2D eigenvalue weighted by Crippen LogP contribution is 2.32. The molecule has 0 radical (unpaired) electrons. The van der Waals surface area contributed by atoms with E-state index in [9.17, 15) is 18.8 Å². The van der Waals surface area contributed by atoms with Crippen molar-refractivity contribution < 1.29 is 28.2 Å². The number of nitrogens with one attached hydrogen (secondary N) is 1. The van der Waals surface area contributed by atoms with Crippen LogP contribution in [-0.2, 0) is 16.1 Å². The average Bonchev–Trinajstić information content (AvgIpc) is 2.69. The van der Waals surface area contributed by atoms with Gasteiger partial charge in [-0.05, 0) is 29.8 Å². The lowest BCUT2D eigenvalue weighted by Gasteiger charge is -2.26. The molecule has 1 aliphatic rings. The fourth-order valence-electron chi connectivity index (χ4n) is 2.79. The number of ether oxygens (including phenoxy) is 2. The van der Waals surface area contributed by atoms with Crippen LogP contribution in [0.5, 0.6) is 11.5 Å². The first-order chi connectivity index (χ1) is 13.4. The van der Waals surface area contributed by atoms with E-state index in [1.54, 1.807) is 18.2 Å². The van der Waals surface area contributed by atoms with Gasteiger partial charge in [-0.2, -0.15) is 0 Å². The number of methoxy groups -OCH3 is 2. The average molecular weight is 384 g/mol. The third-order valence-corrected chi connectivity index (χ3v) is 4.17. The summed E-state index contributed by atoms with van der Waals surface area (Å²) in [5.74, 6) is -1.22. The number of hydrogen-bond donors (Lipinski definition) is 1. The van der Waals surface area contributed by atoms with Gasteiger partial charge in [0.1, 0.15) is 11.4 Å². The third kappa shape index (κ3) is 3.71. The number of benzene rings is 2. The Morgan fingerprint density at radius 1 is 1.04 bits per heavy atom. The molecule has 1 heterocycles. The van der Waals surface area contributed by atoms with Gasteiger partial charge in [0.25, 0.3) is 11.8 Å². The molecule has 1 N–H and O–H groups in total. The molecule has 1 fully saturated rings. The molecule has 2 aromatic rings. The number of halogens is 1. The summed E-state index contributed by atoms with van der Waals surface area (Å²) in [6, 6.07) is 9.54. The minimum Gasteiger partial charge on any atom is -0.493 e. The second-order valence-corrected chi connectivity index (χ2v) is 5.92. The van der Waals surface area contributed by atoms with Gasteiger partial charge in [0.05, 0.1) is 20.8 Å². The topological polar surface area (TPSA) is 84.9 Å². The van der Waals surface area contributed by atoms with E-state index in [0.29, 0.717) is 22.6 Å². The zero-order valence-corrected chi connectivity index (χ0v) is 15.2. The van der Waals surface area contributed by atoms with Crippen LogP contribution in [0.1, 0.15) is 11.1 Å². The molecule has 4 amide bonds. The maximum atomic E-state index is 13.1. The van der Waals surface area contributed by atoms with Crippen molar-refractivity contribution in [3.05, 3.63) is 65.0 Å². The molecule has 3 rings (SSSR count). The standard InChI is InChI=1S/C20H17FN2O5/c1-27-16-5-3-4-13(17(16)28-2)10-15-18(24)22-20(26)23(19(15)25)11-12-6-8-14(21)9-7-12/h3-10H,11H2,1-2H3,(H,22,24,26)/b15-10-. The van der Waals surface area contributed by atoms with Gasteiger partial charge in [0, 0.05) is 5.56 Å². The van der Waals surface area contributed by atoms with Gasteiger partial charge in [-0.1, -0.05) is 24.3 Å². The molecule has 7 nitrogen and oxygen atoms in total.